The molecular formula is C28H38ClFN6O4. The zero-order valence-corrected chi connectivity index (χ0v) is 23.6. The number of unbranched alkanes of at least 4 members (excludes halogenated alkanes) is 1. The van der Waals surface area contributed by atoms with Crippen molar-refractivity contribution in [2.24, 2.45) is 0 Å². The number of aryl methyl sites for hydroxylation is 2. The lowest BCUT2D eigenvalue weighted by Gasteiger charge is -2.27. The molecule has 1 fully saturated rings. The number of pyridine rings is 1. The van der Waals surface area contributed by atoms with E-state index in [9.17, 15) is 19.1 Å². The van der Waals surface area contributed by atoms with Gasteiger partial charge in [-0.15, -0.1) is 0 Å². The SMILES string of the molecule is CO[C@H](CF)CN(CCCCc1ccc2c(n1)NCCC2)CC[C@H](NC(=O)C1(c2nnccc2Cl)CC1)C(=O)O. The number of nitrogens with one attached hydrogen (secondary N) is 2. The number of carbonyl (C=O) groups is 2. The third kappa shape index (κ3) is 7.64. The summed E-state index contributed by atoms with van der Waals surface area (Å²) in [5.41, 5.74) is 1.71. The second-order valence-electron chi connectivity index (χ2n) is 10.6. The third-order valence-electron chi connectivity index (χ3n) is 7.72. The van der Waals surface area contributed by atoms with Gasteiger partial charge in [-0.05, 0) is 75.6 Å². The Morgan fingerprint density at radius 1 is 1.27 bits per heavy atom. The van der Waals surface area contributed by atoms with Crippen molar-refractivity contribution in [3.8, 4) is 0 Å². The summed E-state index contributed by atoms with van der Waals surface area (Å²) in [7, 11) is 1.46. The van der Waals surface area contributed by atoms with Crippen LogP contribution in [0.3, 0.4) is 0 Å². The smallest absolute Gasteiger partial charge is 0.326 e. The average molecular weight is 577 g/mol. The van der Waals surface area contributed by atoms with Gasteiger partial charge in [-0.1, -0.05) is 17.7 Å². The molecule has 1 saturated carbocycles. The molecule has 0 aromatic carbocycles. The predicted octanol–water partition coefficient (Wildman–Crippen LogP) is 3.18. The van der Waals surface area contributed by atoms with Crippen LogP contribution in [0.25, 0.3) is 0 Å². The van der Waals surface area contributed by atoms with Crippen molar-refractivity contribution in [3.63, 3.8) is 0 Å². The van der Waals surface area contributed by atoms with Crippen molar-refractivity contribution in [3.05, 3.63) is 46.4 Å². The van der Waals surface area contributed by atoms with Crippen LogP contribution >= 0.6 is 11.6 Å². The van der Waals surface area contributed by atoms with Crippen LogP contribution in [0.5, 0.6) is 0 Å². The van der Waals surface area contributed by atoms with Crippen molar-refractivity contribution in [1.82, 2.24) is 25.4 Å². The molecule has 40 heavy (non-hydrogen) atoms. The quantitative estimate of drug-likeness (QED) is 0.258. The third-order valence-corrected chi connectivity index (χ3v) is 8.03. The van der Waals surface area contributed by atoms with Gasteiger partial charge in [-0.25, -0.2) is 14.2 Å². The van der Waals surface area contributed by atoms with Gasteiger partial charge in [0.1, 0.15) is 18.5 Å². The summed E-state index contributed by atoms with van der Waals surface area (Å²) in [5, 5.41) is 24.1. The highest BCUT2D eigenvalue weighted by molar-refractivity contribution is 6.31. The molecule has 1 amide bonds. The van der Waals surface area contributed by atoms with Crippen molar-refractivity contribution >= 4 is 29.3 Å². The zero-order valence-electron chi connectivity index (χ0n) is 22.9. The Labute approximate surface area is 239 Å². The highest BCUT2D eigenvalue weighted by Gasteiger charge is 2.54. The number of ether oxygens (including phenoxy) is 1. The minimum atomic E-state index is -1.13. The lowest BCUT2D eigenvalue weighted by Crippen LogP contribution is -2.48. The maximum absolute atomic E-state index is 13.5. The molecule has 0 unspecified atom stereocenters. The molecule has 0 bridgehead atoms. The Hall–Kier alpha value is -2.89. The molecule has 12 heteroatoms. The monoisotopic (exact) mass is 576 g/mol. The zero-order chi connectivity index (χ0) is 28.5. The van der Waals surface area contributed by atoms with Gasteiger partial charge in [0, 0.05) is 32.4 Å². The van der Waals surface area contributed by atoms with E-state index in [1.165, 1.54) is 18.9 Å². The molecule has 2 atom stereocenters. The fourth-order valence-electron chi connectivity index (χ4n) is 5.12. The van der Waals surface area contributed by atoms with Crippen molar-refractivity contribution in [2.75, 3.05) is 45.3 Å². The number of halogens is 2. The number of amides is 1. The number of nitrogens with zero attached hydrogens (tertiary/aromatic N) is 4. The molecule has 1 aliphatic heterocycles. The number of carbonyl (C=O) groups excluding carboxylic acids is 1. The number of methoxy groups -OCH3 is 1. The molecule has 2 aliphatic rings. The Morgan fingerprint density at radius 2 is 2.10 bits per heavy atom. The molecule has 0 radical (unpaired) electrons. The topological polar surface area (TPSA) is 130 Å². The van der Waals surface area contributed by atoms with Crippen LogP contribution in [0, 0.1) is 0 Å². The number of rotatable bonds is 16. The lowest BCUT2D eigenvalue weighted by molar-refractivity contribution is -0.142. The van der Waals surface area contributed by atoms with Gasteiger partial charge < -0.3 is 25.4 Å². The van der Waals surface area contributed by atoms with Crippen molar-refractivity contribution < 1.29 is 23.8 Å². The van der Waals surface area contributed by atoms with E-state index in [2.05, 4.69) is 33.0 Å². The number of hydrogen-bond acceptors (Lipinski definition) is 8. The van der Waals surface area contributed by atoms with Gasteiger partial charge >= 0.3 is 5.97 Å². The van der Waals surface area contributed by atoms with E-state index >= 15 is 0 Å². The maximum atomic E-state index is 13.5. The predicted molar refractivity (Wildman–Crippen MR) is 149 cm³/mol. The Morgan fingerprint density at radius 3 is 2.80 bits per heavy atom. The minimum absolute atomic E-state index is 0.159. The summed E-state index contributed by atoms with van der Waals surface area (Å²) in [5.74, 6) is -0.567. The molecule has 218 valence electrons. The van der Waals surface area contributed by atoms with E-state index in [0.717, 1.165) is 50.2 Å². The van der Waals surface area contributed by atoms with Crippen LogP contribution in [0.2, 0.25) is 5.02 Å². The largest absolute Gasteiger partial charge is 0.480 e. The van der Waals surface area contributed by atoms with Gasteiger partial charge in [0.2, 0.25) is 5.91 Å². The average Bonchev–Trinajstić information content (AvgIpc) is 3.77. The molecule has 3 heterocycles. The number of aliphatic carboxylic acids is 1. The van der Waals surface area contributed by atoms with Gasteiger partial charge in [0.25, 0.3) is 0 Å². The number of anilines is 1. The van der Waals surface area contributed by atoms with Crippen LogP contribution < -0.4 is 10.6 Å². The minimum Gasteiger partial charge on any atom is -0.480 e. The lowest BCUT2D eigenvalue weighted by atomic mass is 10.00. The summed E-state index contributed by atoms with van der Waals surface area (Å²) in [6.45, 7) is 1.63. The first-order valence-corrected chi connectivity index (χ1v) is 14.3. The molecule has 2 aromatic heterocycles. The summed E-state index contributed by atoms with van der Waals surface area (Å²) in [4.78, 5) is 32.0. The molecule has 1 aliphatic carbocycles. The number of hydrogen-bond donors (Lipinski definition) is 3. The normalized spacial score (nSPS) is 17.0. The van der Waals surface area contributed by atoms with Crippen LogP contribution in [0.1, 0.15) is 55.5 Å². The number of alkyl halides is 1. The molecule has 10 nitrogen and oxygen atoms in total. The molecule has 3 N–H and O–H groups in total. The Kier molecular flexibility index (Phi) is 10.6. The fraction of sp³-hybridized carbons (Fsp3) is 0.607. The van der Waals surface area contributed by atoms with Gasteiger partial charge in [-0.3, -0.25) is 4.79 Å². The van der Waals surface area contributed by atoms with Crippen LogP contribution in [0.4, 0.5) is 10.2 Å². The van der Waals surface area contributed by atoms with E-state index in [4.69, 9.17) is 21.3 Å². The van der Waals surface area contributed by atoms with Crippen molar-refractivity contribution in [2.45, 2.75) is 68.9 Å². The molecule has 0 spiro atoms. The molecule has 4 rings (SSSR count). The second-order valence-corrected chi connectivity index (χ2v) is 11.0. The molecular weight excluding hydrogens is 539 g/mol. The Balaban J connectivity index is 1.32. The summed E-state index contributed by atoms with van der Waals surface area (Å²) >= 11 is 6.25. The van der Waals surface area contributed by atoms with E-state index in [0.29, 0.717) is 43.2 Å². The van der Waals surface area contributed by atoms with Crippen molar-refractivity contribution in [1.29, 1.82) is 0 Å². The molecule has 0 saturated heterocycles. The maximum Gasteiger partial charge on any atom is 0.326 e. The van der Waals surface area contributed by atoms with Crippen LogP contribution in [0.15, 0.2) is 24.4 Å². The second kappa shape index (κ2) is 14.1. The first kappa shape index (κ1) is 30.1. The Bertz CT molecular complexity index is 1160. The highest BCUT2D eigenvalue weighted by atomic mass is 35.5. The summed E-state index contributed by atoms with van der Waals surface area (Å²) in [6, 6.07) is 4.68. The van der Waals surface area contributed by atoms with Crippen LogP contribution in [-0.4, -0.2) is 89.2 Å². The van der Waals surface area contributed by atoms with E-state index in [1.807, 2.05) is 4.90 Å². The van der Waals surface area contributed by atoms with E-state index in [-0.39, 0.29) is 6.42 Å². The first-order valence-electron chi connectivity index (χ1n) is 13.9. The summed E-state index contributed by atoms with van der Waals surface area (Å²) in [6.07, 6.45) is 6.74. The van der Waals surface area contributed by atoms with Gasteiger partial charge in [-0.2, -0.15) is 10.2 Å². The number of carboxylic acid groups (broad SMARTS) is 1. The van der Waals surface area contributed by atoms with Gasteiger partial charge in [0.05, 0.1) is 28.4 Å². The number of fused-ring (bicyclic) bond motifs is 1. The van der Waals surface area contributed by atoms with Crippen LogP contribution in [-0.2, 0) is 32.6 Å². The van der Waals surface area contributed by atoms with E-state index < -0.39 is 36.1 Å². The highest BCUT2D eigenvalue weighted by Crippen LogP contribution is 2.49. The van der Waals surface area contributed by atoms with E-state index in [1.54, 1.807) is 6.07 Å². The van der Waals surface area contributed by atoms with Gasteiger partial charge in [0.15, 0.2) is 0 Å². The molecule has 2 aromatic rings. The number of carboxylic acids is 1. The standard InChI is InChI=1S/C28H38ClFN6O4/c1-40-21(17-30)18-36(15-3-2-6-20-8-7-19-5-4-13-31-25(19)33-20)16-10-23(26(37)38)34-27(39)28(11-12-28)24-22(29)9-14-32-35-24/h7-9,14,21,23H,2-6,10-13,15-18H2,1H3,(H,31,33)(H,34,39)(H,37,38)/t21-,23+/m1/s1. The summed E-state index contributed by atoms with van der Waals surface area (Å²) < 4.78 is 18.7. The fourth-order valence-corrected chi connectivity index (χ4v) is 5.40. The first-order chi connectivity index (χ1) is 19.4. The number of aromatic nitrogens is 3.